The zero-order chi connectivity index (χ0) is 12.6. The molecule has 0 spiro atoms. The third-order valence-corrected chi connectivity index (χ3v) is 3.17. The summed E-state index contributed by atoms with van der Waals surface area (Å²) in [7, 11) is 3.41. The Morgan fingerprint density at radius 1 is 1.41 bits per heavy atom. The highest BCUT2D eigenvalue weighted by molar-refractivity contribution is 7.80. The first-order valence-corrected chi connectivity index (χ1v) is 6.27. The van der Waals surface area contributed by atoms with Crippen LogP contribution in [0.4, 0.5) is 0 Å². The smallest absolute Gasteiger partial charge is 0.166 e. The van der Waals surface area contributed by atoms with Gasteiger partial charge in [-0.3, -0.25) is 0 Å². The molecule has 1 saturated heterocycles. The molecule has 0 aliphatic carbocycles. The lowest BCUT2D eigenvalue weighted by Crippen LogP contribution is -2.48. The molecule has 0 aromatic heterocycles. The van der Waals surface area contributed by atoms with Gasteiger partial charge in [-0.2, -0.15) is 0 Å². The highest BCUT2D eigenvalue weighted by Gasteiger charge is 2.34. The molecule has 100 valence electrons. The van der Waals surface area contributed by atoms with E-state index in [-0.39, 0.29) is 5.60 Å². The maximum Gasteiger partial charge on any atom is 0.166 e. The summed E-state index contributed by atoms with van der Waals surface area (Å²) >= 11 is 5.18. The highest BCUT2D eigenvalue weighted by atomic mass is 32.1. The number of hydrogen-bond acceptors (Lipinski definition) is 4. The summed E-state index contributed by atoms with van der Waals surface area (Å²) in [4.78, 5) is 0. The Bertz CT molecular complexity index is 233. The molecule has 0 aromatic rings. The minimum absolute atomic E-state index is 0.224. The molecule has 0 saturated carbocycles. The molecule has 0 bridgehead atoms. The number of rotatable bonds is 7. The van der Waals surface area contributed by atoms with Gasteiger partial charge in [-0.1, -0.05) is 0 Å². The van der Waals surface area contributed by atoms with Crippen molar-refractivity contribution in [2.45, 2.75) is 18.4 Å². The molecule has 0 amide bonds. The fourth-order valence-electron chi connectivity index (χ4n) is 1.68. The topological polar surface area (TPSA) is 51.8 Å². The van der Waals surface area contributed by atoms with Crippen LogP contribution in [0.2, 0.25) is 0 Å². The van der Waals surface area contributed by atoms with Crippen molar-refractivity contribution in [1.82, 2.24) is 10.6 Å². The lowest BCUT2D eigenvalue weighted by molar-refractivity contribution is -0.0126. The second-order valence-electron chi connectivity index (χ2n) is 4.15. The summed E-state index contributed by atoms with van der Waals surface area (Å²) in [6.45, 7) is 3.62. The first-order chi connectivity index (χ1) is 8.22. The lowest BCUT2D eigenvalue weighted by atomic mass is 10.0. The molecule has 1 aliphatic rings. The van der Waals surface area contributed by atoms with Crippen molar-refractivity contribution < 1.29 is 14.2 Å². The number of thiocarbonyl (C=S) groups is 1. The molecular formula is C11H22N2O3S. The third-order valence-electron chi connectivity index (χ3n) is 2.88. The summed E-state index contributed by atoms with van der Waals surface area (Å²) in [6, 6.07) is 0. The van der Waals surface area contributed by atoms with Gasteiger partial charge in [-0.05, 0) is 18.6 Å². The van der Waals surface area contributed by atoms with E-state index < -0.39 is 0 Å². The number of ether oxygens (including phenoxy) is 3. The van der Waals surface area contributed by atoms with Crippen molar-refractivity contribution in [3.63, 3.8) is 0 Å². The van der Waals surface area contributed by atoms with E-state index in [1.807, 2.05) is 0 Å². The number of hydrogen-bond donors (Lipinski definition) is 2. The van der Waals surface area contributed by atoms with Crippen LogP contribution in [0, 0.1) is 0 Å². The van der Waals surface area contributed by atoms with Gasteiger partial charge in [-0.25, -0.2) is 0 Å². The maximum atomic E-state index is 5.50. The molecule has 6 heteroatoms. The normalized spacial score (nSPS) is 23.6. The van der Waals surface area contributed by atoms with Crippen molar-refractivity contribution in [3.8, 4) is 0 Å². The predicted octanol–water partition coefficient (Wildman–Crippen LogP) is 0.293. The minimum Gasteiger partial charge on any atom is -0.385 e. The molecular weight excluding hydrogens is 240 g/mol. The first kappa shape index (κ1) is 14.6. The maximum absolute atomic E-state index is 5.50. The predicted molar refractivity (Wildman–Crippen MR) is 70.3 cm³/mol. The van der Waals surface area contributed by atoms with E-state index in [9.17, 15) is 0 Å². The molecule has 1 atom stereocenters. The molecule has 2 N–H and O–H groups in total. The standard InChI is InChI=1S/C11H22N2O3S/c1-14-6-3-5-12-10(17)13-8-11(15-2)4-7-16-9-11/h3-9H2,1-2H3,(H2,12,13,17). The average Bonchev–Trinajstić information content (AvgIpc) is 2.82. The molecule has 0 aromatic carbocycles. The Morgan fingerprint density at radius 2 is 2.24 bits per heavy atom. The Balaban J connectivity index is 2.14. The van der Waals surface area contributed by atoms with E-state index in [0.29, 0.717) is 18.3 Å². The van der Waals surface area contributed by atoms with Crippen LogP contribution in [0.3, 0.4) is 0 Å². The van der Waals surface area contributed by atoms with Gasteiger partial charge < -0.3 is 24.8 Å². The van der Waals surface area contributed by atoms with Gasteiger partial charge in [0.1, 0.15) is 5.60 Å². The summed E-state index contributed by atoms with van der Waals surface area (Å²) in [6.07, 6.45) is 1.85. The van der Waals surface area contributed by atoms with Crippen molar-refractivity contribution in [2.75, 3.05) is 47.1 Å². The van der Waals surface area contributed by atoms with Crippen LogP contribution >= 0.6 is 12.2 Å². The summed E-state index contributed by atoms with van der Waals surface area (Å²) in [5.74, 6) is 0. The van der Waals surface area contributed by atoms with Crippen LogP contribution in [0.1, 0.15) is 12.8 Å². The van der Waals surface area contributed by atoms with Gasteiger partial charge in [0.15, 0.2) is 5.11 Å². The fraction of sp³-hybridized carbons (Fsp3) is 0.909. The molecule has 1 heterocycles. The van der Waals surface area contributed by atoms with E-state index in [0.717, 1.165) is 32.6 Å². The molecule has 1 unspecified atom stereocenters. The van der Waals surface area contributed by atoms with Gasteiger partial charge in [0.05, 0.1) is 6.61 Å². The Hall–Kier alpha value is -0.430. The van der Waals surface area contributed by atoms with Crippen LogP contribution in [-0.4, -0.2) is 57.8 Å². The van der Waals surface area contributed by atoms with E-state index in [1.54, 1.807) is 14.2 Å². The lowest BCUT2D eigenvalue weighted by Gasteiger charge is -2.26. The second-order valence-corrected chi connectivity index (χ2v) is 4.55. The summed E-state index contributed by atoms with van der Waals surface area (Å²) in [5, 5.41) is 6.95. The zero-order valence-corrected chi connectivity index (χ0v) is 11.4. The van der Waals surface area contributed by atoms with E-state index in [2.05, 4.69) is 10.6 Å². The van der Waals surface area contributed by atoms with E-state index >= 15 is 0 Å². The van der Waals surface area contributed by atoms with Crippen molar-refractivity contribution >= 4 is 17.3 Å². The molecule has 1 fully saturated rings. The minimum atomic E-state index is -0.224. The Kier molecular flexibility index (Phi) is 6.72. The van der Waals surface area contributed by atoms with Crippen LogP contribution < -0.4 is 10.6 Å². The fourth-order valence-corrected chi connectivity index (χ4v) is 1.86. The largest absolute Gasteiger partial charge is 0.385 e. The summed E-state index contributed by atoms with van der Waals surface area (Å²) < 4.78 is 15.8. The van der Waals surface area contributed by atoms with Crippen molar-refractivity contribution in [1.29, 1.82) is 0 Å². The molecule has 1 rings (SSSR count). The van der Waals surface area contributed by atoms with Gasteiger partial charge in [0.25, 0.3) is 0 Å². The van der Waals surface area contributed by atoms with Crippen LogP contribution in [0.25, 0.3) is 0 Å². The zero-order valence-electron chi connectivity index (χ0n) is 10.6. The molecule has 17 heavy (non-hydrogen) atoms. The number of nitrogens with one attached hydrogen (secondary N) is 2. The average molecular weight is 262 g/mol. The van der Waals surface area contributed by atoms with Gasteiger partial charge in [0.2, 0.25) is 0 Å². The Labute approximate surface area is 108 Å². The Morgan fingerprint density at radius 3 is 2.82 bits per heavy atom. The van der Waals surface area contributed by atoms with Crippen LogP contribution in [0.5, 0.6) is 0 Å². The van der Waals surface area contributed by atoms with Gasteiger partial charge in [0, 0.05) is 46.9 Å². The quantitative estimate of drug-likeness (QED) is 0.508. The molecule has 1 aliphatic heterocycles. The van der Waals surface area contributed by atoms with E-state index in [1.165, 1.54) is 0 Å². The highest BCUT2D eigenvalue weighted by Crippen LogP contribution is 2.21. The SMILES string of the molecule is COCCCNC(=S)NCC1(OC)CCOC1. The van der Waals surface area contributed by atoms with Crippen LogP contribution in [-0.2, 0) is 14.2 Å². The van der Waals surface area contributed by atoms with Crippen LogP contribution in [0.15, 0.2) is 0 Å². The molecule has 5 nitrogen and oxygen atoms in total. The third kappa shape index (κ3) is 5.16. The molecule has 0 radical (unpaired) electrons. The van der Waals surface area contributed by atoms with Crippen molar-refractivity contribution in [3.05, 3.63) is 0 Å². The van der Waals surface area contributed by atoms with Gasteiger partial charge >= 0.3 is 0 Å². The van der Waals surface area contributed by atoms with Gasteiger partial charge in [-0.15, -0.1) is 0 Å². The number of methoxy groups -OCH3 is 2. The summed E-state index contributed by atoms with van der Waals surface area (Å²) in [5.41, 5.74) is -0.224. The monoisotopic (exact) mass is 262 g/mol. The first-order valence-electron chi connectivity index (χ1n) is 5.86. The van der Waals surface area contributed by atoms with E-state index in [4.69, 9.17) is 26.4 Å². The second kappa shape index (κ2) is 7.81. The van der Waals surface area contributed by atoms with Crippen molar-refractivity contribution in [2.24, 2.45) is 0 Å².